The highest BCUT2D eigenvalue weighted by Crippen LogP contribution is 2.22. The van der Waals surface area contributed by atoms with Crippen molar-refractivity contribution in [1.82, 2.24) is 4.98 Å². The topological polar surface area (TPSA) is 86.1 Å². The van der Waals surface area contributed by atoms with Crippen LogP contribution in [0, 0.1) is 5.41 Å². The van der Waals surface area contributed by atoms with Gasteiger partial charge in [-0.2, -0.15) is 0 Å². The van der Waals surface area contributed by atoms with Crippen molar-refractivity contribution < 1.29 is 9.90 Å². The molecule has 21 heavy (non-hydrogen) atoms. The molecule has 1 heterocycles. The Morgan fingerprint density at radius 3 is 2.76 bits per heavy atom. The third-order valence-corrected chi connectivity index (χ3v) is 3.38. The van der Waals surface area contributed by atoms with Crippen LogP contribution >= 0.6 is 23.2 Å². The normalized spacial score (nSPS) is 10.2. The molecule has 2 aromatic rings. The van der Waals surface area contributed by atoms with Crippen LogP contribution in [0.2, 0.25) is 10.0 Å². The van der Waals surface area contributed by atoms with Crippen LogP contribution in [0.1, 0.15) is 11.1 Å². The number of carboxylic acids is 1. The summed E-state index contributed by atoms with van der Waals surface area (Å²) in [5.41, 5.74) is 1.03. The molecule has 0 fully saturated rings. The molecule has 0 bridgehead atoms. The number of rotatable bonds is 5. The van der Waals surface area contributed by atoms with Crippen LogP contribution in [0.25, 0.3) is 0 Å². The van der Waals surface area contributed by atoms with Crippen LogP contribution in [-0.4, -0.2) is 21.8 Å². The molecule has 0 atom stereocenters. The van der Waals surface area contributed by atoms with Gasteiger partial charge in [-0.05, 0) is 23.8 Å². The average molecular weight is 324 g/mol. The Morgan fingerprint density at radius 2 is 2.10 bits per heavy atom. The second-order valence-electron chi connectivity index (χ2n) is 4.19. The first kappa shape index (κ1) is 15.3. The first-order valence-corrected chi connectivity index (χ1v) is 6.68. The Hall–Kier alpha value is -2.11. The smallest absolute Gasteiger partial charge is 0.354 e. The predicted octanol–water partition coefficient (Wildman–Crippen LogP) is 3.45. The third-order valence-electron chi connectivity index (χ3n) is 2.79. The summed E-state index contributed by atoms with van der Waals surface area (Å²) in [6, 6.07) is 6.59. The van der Waals surface area contributed by atoms with Crippen molar-refractivity contribution in [2.24, 2.45) is 0 Å². The van der Waals surface area contributed by atoms with Crippen LogP contribution in [0.15, 0.2) is 36.7 Å². The first-order chi connectivity index (χ1) is 9.99. The zero-order valence-electron chi connectivity index (χ0n) is 10.7. The molecule has 0 aliphatic rings. The number of nitrogens with one attached hydrogen (secondary N) is 2. The Morgan fingerprint density at radius 1 is 1.33 bits per heavy atom. The summed E-state index contributed by atoms with van der Waals surface area (Å²) >= 11 is 11.9. The van der Waals surface area contributed by atoms with E-state index in [0.29, 0.717) is 22.3 Å². The van der Waals surface area contributed by atoms with Gasteiger partial charge in [-0.3, -0.25) is 10.4 Å². The first-order valence-electron chi connectivity index (χ1n) is 5.93. The molecule has 0 saturated heterocycles. The van der Waals surface area contributed by atoms with Crippen molar-refractivity contribution in [3.8, 4) is 0 Å². The van der Waals surface area contributed by atoms with Crippen LogP contribution in [0.5, 0.6) is 0 Å². The lowest BCUT2D eigenvalue weighted by atomic mass is 10.1. The number of nitrogens with zero attached hydrogens (tertiary/aromatic N) is 1. The summed E-state index contributed by atoms with van der Waals surface area (Å²) in [7, 11) is 0. The molecule has 0 unspecified atom stereocenters. The minimum Gasteiger partial charge on any atom is -0.477 e. The number of carbonyl (C=O) groups is 1. The maximum atomic E-state index is 10.9. The van der Waals surface area contributed by atoms with Gasteiger partial charge >= 0.3 is 5.97 Å². The lowest BCUT2D eigenvalue weighted by Crippen LogP contribution is -2.15. The quantitative estimate of drug-likeness (QED) is 0.735. The number of pyridine rings is 1. The van der Waals surface area contributed by atoms with Gasteiger partial charge in [-0.1, -0.05) is 29.3 Å². The number of carboxylic acid groups (broad SMARTS) is 1. The molecule has 7 heteroatoms. The van der Waals surface area contributed by atoms with E-state index in [2.05, 4.69) is 10.3 Å². The second kappa shape index (κ2) is 6.56. The van der Waals surface area contributed by atoms with Gasteiger partial charge in [0.2, 0.25) is 0 Å². The molecule has 0 amide bonds. The van der Waals surface area contributed by atoms with E-state index in [9.17, 15) is 4.79 Å². The molecule has 108 valence electrons. The number of benzene rings is 1. The van der Waals surface area contributed by atoms with Gasteiger partial charge in [0.05, 0.1) is 11.9 Å². The Labute approximate surface area is 131 Å². The highest BCUT2D eigenvalue weighted by Gasteiger charge is 2.14. The van der Waals surface area contributed by atoms with Crippen LogP contribution < -0.4 is 5.32 Å². The van der Waals surface area contributed by atoms with E-state index >= 15 is 0 Å². The van der Waals surface area contributed by atoms with E-state index in [-0.39, 0.29) is 5.56 Å². The van der Waals surface area contributed by atoms with Gasteiger partial charge in [0.15, 0.2) is 0 Å². The second-order valence-corrected chi connectivity index (χ2v) is 5.03. The highest BCUT2D eigenvalue weighted by molar-refractivity contribution is 6.42. The fraction of sp³-hybridized carbons (Fsp3) is 0.0714. The Balaban J connectivity index is 2.20. The maximum Gasteiger partial charge on any atom is 0.354 e. The summed E-state index contributed by atoms with van der Waals surface area (Å²) < 4.78 is 0. The lowest BCUT2D eigenvalue weighted by Gasteiger charge is -2.11. The van der Waals surface area contributed by atoms with E-state index in [1.54, 1.807) is 18.2 Å². The summed E-state index contributed by atoms with van der Waals surface area (Å²) in [5, 5.41) is 20.6. The molecule has 0 aliphatic carbocycles. The van der Waals surface area contributed by atoms with Crippen molar-refractivity contribution >= 4 is 40.6 Å². The van der Waals surface area contributed by atoms with Crippen molar-refractivity contribution in [3.63, 3.8) is 0 Å². The fourth-order valence-corrected chi connectivity index (χ4v) is 2.20. The highest BCUT2D eigenvalue weighted by atomic mass is 35.5. The SMILES string of the molecule is N=C(C(=O)O)c1ccncc1NCc1ccc(Cl)cc1Cl. The molecule has 0 spiro atoms. The van der Waals surface area contributed by atoms with Crippen LogP contribution in [-0.2, 0) is 11.3 Å². The number of aromatic nitrogens is 1. The summed E-state index contributed by atoms with van der Waals surface area (Å²) in [4.78, 5) is 14.8. The number of aliphatic carboxylic acids is 1. The molecule has 5 nitrogen and oxygen atoms in total. The Bertz CT molecular complexity index is 704. The maximum absolute atomic E-state index is 10.9. The summed E-state index contributed by atoms with van der Waals surface area (Å²) in [6.45, 7) is 0.363. The summed E-state index contributed by atoms with van der Waals surface area (Å²) in [6.07, 6.45) is 2.91. The molecule has 3 N–H and O–H groups in total. The molecule has 2 rings (SSSR count). The number of hydrogen-bond donors (Lipinski definition) is 3. The van der Waals surface area contributed by atoms with Crippen molar-refractivity contribution in [2.75, 3.05) is 5.32 Å². The van der Waals surface area contributed by atoms with Gasteiger partial charge in [-0.15, -0.1) is 0 Å². The van der Waals surface area contributed by atoms with E-state index in [4.69, 9.17) is 33.7 Å². The zero-order valence-corrected chi connectivity index (χ0v) is 12.2. The number of hydrogen-bond acceptors (Lipinski definition) is 4. The molecule has 1 aromatic carbocycles. The molecular weight excluding hydrogens is 313 g/mol. The number of halogens is 2. The average Bonchev–Trinajstić information content (AvgIpc) is 2.46. The largest absolute Gasteiger partial charge is 0.477 e. The molecule has 1 aromatic heterocycles. The van der Waals surface area contributed by atoms with E-state index in [1.807, 2.05) is 0 Å². The number of anilines is 1. The van der Waals surface area contributed by atoms with E-state index < -0.39 is 11.7 Å². The van der Waals surface area contributed by atoms with Crippen molar-refractivity contribution in [2.45, 2.75) is 6.54 Å². The van der Waals surface area contributed by atoms with E-state index in [1.165, 1.54) is 18.5 Å². The third kappa shape index (κ3) is 3.71. The lowest BCUT2D eigenvalue weighted by molar-refractivity contribution is -0.129. The van der Waals surface area contributed by atoms with Crippen LogP contribution in [0.4, 0.5) is 5.69 Å². The molecule has 0 aliphatic heterocycles. The monoisotopic (exact) mass is 323 g/mol. The molecule has 0 saturated carbocycles. The standard InChI is InChI=1S/C14H11Cl2N3O2/c15-9-2-1-8(11(16)5-9)6-19-12-7-18-4-3-10(12)13(17)14(20)21/h1-5,7,17,19H,6H2,(H,20,21). The molecule has 0 radical (unpaired) electrons. The minimum atomic E-state index is -1.30. The fourth-order valence-electron chi connectivity index (χ4n) is 1.72. The minimum absolute atomic E-state index is 0.266. The van der Waals surface area contributed by atoms with Crippen molar-refractivity contribution in [3.05, 3.63) is 57.8 Å². The van der Waals surface area contributed by atoms with Gasteiger partial charge in [0.25, 0.3) is 0 Å². The molecular formula is C14H11Cl2N3O2. The van der Waals surface area contributed by atoms with E-state index in [0.717, 1.165) is 5.56 Å². The summed E-state index contributed by atoms with van der Waals surface area (Å²) in [5.74, 6) is -1.30. The van der Waals surface area contributed by atoms with Gasteiger partial charge < -0.3 is 10.4 Å². The van der Waals surface area contributed by atoms with Gasteiger partial charge in [0.1, 0.15) is 5.71 Å². The Kier molecular flexibility index (Phi) is 4.77. The van der Waals surface area contributed by atoms with Crippen LogP contribution in [0.3, 0.4) is 0 Å². The van der Waals surface area contributed by atoms with Gasteiger partial charge in [-0.25, -0.2) is 4.79 Å². The van der Waals surface area contributed by atoms with Gasteiger partial charge in [0, 0.05) is 28.4 Å². The zero-order chi connectivity index (χ0) is 15.4. The van der Waals surface area contributed by atoms with Crippen molar-refractivity contribution in [1.29, 1.82) is 5.41 Å². The predicted molar refractivity (Wildman–Crippen MR) is 82.5 cm³/mol.